The van der Waals surface area contributed by atoms with Crippen LogP contribution in [0, 0.1) is 6.92 Å². The lowest BCUT2D eigenvalue weighted by molar-refractivity contribution is -0.121. The van der Waals surface area contributed by atoms with Crippen molar-refractivity contribution in [3.63, 3.8) is 0 Å². The van der Waals surface area contributed by atoms with E-state index in [2.05, 4.69) is 0 Å². The summed E-state index contributed by atoms with van der Waals surface area (Å²) in [6, 6.07) is 21.6. The van der Waals surface area contributed by atoms with E-state index in [1.807, 2.05) is 83.9 Å². The number of thiazole rings is 1. The molecule has 1 aliphatic heterocycles. The zero-order valence-corrected chi connectivity index (χ0v) is 20.9. The van der Waals surface area contributed by atoms with Crippen LogP contribution in [0.2, 0.25) is 5.02 Å². The number of hydrogen-bond acceptors (Lipinski definition) is 5. The first-order chi connectivity index (χ1) is 17.1. The Labute approximate surface area is 213 Å². The molecule has 178 valence electrons. The molecule has 0 N–H and O–H groups in total. The maximum Gasteiger partial charge on any atom is 0.265 e. The maximum absolute atomic E-state index is 12.7. The Balaban J connectivity index is 1.28. The molecule has 0 saturated heterocycles. The first-order valence-electron chi connectivity index (χ1n) is 11.6. The normalized spacial score (nSPS) is 12.9. The lowest BCUT2D eigenvalue weighted by atomic mass is 10.1. The fraction of sp³-hybridized carbons (Fsp3) is 0.214. The molecule has 2 heterocycles. The highest BCUT2D eigenvalue weighted by Crippen LogP contribution is 2.38. The number of carbonyl (C=O) groups excluding carboxylic acids is 1. The van der Waals surface area contributed by atoms with E-state index in [-0.39, 0.29) is 12.5 Å². The molecule has 7 heteroatoms. The standard InChI is InChI=1S/C28H25ClN2O3S/c1-19-7-6-8-21(15-19)33-14-5-4-13-31-25-16-20(11-12-26(25)34-17-27(31)32)24-18-35-28(30-24)22-9-2-3-10-23(22)29/h2-3,6-12,15-16,18H,4-5,13-14,17H2,1H3. The number of fused-ring (bicyclic) bond motifs is 1. The van der Waals surface area contributed by atoms with Gasteiger partial charge in [0.1, 0.15) is 16.5 Å². The lowest BCUT2D eigenvalue weighted by Gasteiger charge is -2.29. The molecule has 35 heavy (non-hydrogen) atoms. The molecular formula is C28H25ClN2O3S. The van der Waals surface area contributed by atoms with Gasteiger partial charge < -0.3 is 14.4 Å². The summed E-state index contributed by atoms with van der Waals surface area (Å²) in [5.41, 5.74) is 4.65. The van der Waals surface area contributed by atoms with E-state index in [9.17, 15) is 4.79 Å². The Morgan fingerprint density at radius 1 is 1.09 bits per heavy atom. The van der Waals surface area contributed by atoms with Gasteiger partial charge in [0.25, 0.3) is 5.91 Å². The predicted molar refractivity (Wildman–Crippen MR) is 142 cm³/mol. The topological polar surface area (TPSA) is 51.7 Å². The van der Waals surface area contributed by atoms with Crippen LogP contribution in [0.4, 0.5) is 5.69 Å². The van der Waals surface area contributed by atoms with Crippen LogP contribution < -0.4 is 14.4 Å². The molecule has 0 atom stereocenters. The summed E-state index contributed by atoms with van der Waals surface area (Å²) < 4.78 is 11.5. The number of aryl methyl sites for hydroxylation is 1. The van der Waals surface area contributed by atoms with Crippen LogP contribution in [0.25, 0.3) is 21.8 Å². The first kappa shape index (κ1) is 23.4. The summed E-state index contributed by atoms with van der Waals surface area (Å²) in [7, 11) is 0. The van der Waals surface area contributed by atoms with E-state index in [4.69, 9.17) is 26.1 Å². The first-order valence-corrected chi connectivity index (χ1v) is 12.8. The summed E-state index contributed by atoms with van der Waals surface area (Å²) in [5, 5.41) is 3.55. The highest BCUT2D eigenvalue weighted by molar-refractivity contribution is 7.13. The van der Waals surface area contributed by atoms with Gasteiger partial charge >= 0.3 is 0 Å². The van der Waals surface area contributed by atoms with Gasteiger partial charge in [0.15, 0.2) is 6.61 Å². The third-order valence-electron chi connectivity index (χ3n) is 5.84. The van der Waals surface area contributed by atoms with E-state index in [1.165, 1.54) is 5.56 Å². The van der Waals surface area contributed by atoms with Gasteiger partial charge in [0.2, 0.25) is 0 Å². The van der Waals surface area contributed by atoms with E-state index < -0.39 is 0 Å². The zero-order chi connectivity index (χ0) is 24.2. The van der Waals surface area contributed by atoms with Crippen molar-refractivity contribution in [3.05, 3.63) is 82.7 Å². The summed E-state index contributed by atoms with van der Waals surface area (Å²) in [5.74, 6) is 1.55. The van der Waals surface area contributed by atoms with Crippen LogP contribution in [-0.4, -0.2) is 30.6 Å². The molecule has 0 bridgehead atoms. The molecule has 5 rings (SSSR count). The van der Waals surface area contributed by atoms with Gasteiger partial charge in [-0.2, -0.15) is 0 Å². The van der Waals surface area contributed by atoms with Crippen molar-refractivity contribution in [1.82, 2.24) is 4.98 Å². The highest BCUT2D eigenvalue weighted by Gasteiger charge is 2.26. The number of unbranched alkanes of at least 4 members (excludes halogenated alkanes) is 1. The smallest absolute Gasteiger partial charge is 0.265 e. The average Bonchev–Trinajstić information content (AvgIpc) is 3.35. The Bertz CT molecular complexity index is 1350. The van der Waals surface area contributed by atoms with Crippen molar-refractivity contribution in [2.24, 2.45) is 0 Å². The fourth-order valence-electron chi connectivity index (χ4n) is 4.04. The summed E-state index contributed by atoms with van der Waals surface area (Å²) >= 11 is 7.90. The van der Waals surface area contributed by atoms with Crippen LogP contribution in [-0.2, 0) is 4.79 Å². The number of nitrogens with zero attached hydrogens (tertiary/aromatic N) is 2. The molecule has 0 unspecified atom stereocenters. The van der Waals surface area contributed by atoms with Crippen molar-refractivity contribution in [2.45, 2.75) is 19.8 Å². The highest BCUT2D eigenvalue weighted by atomic mass is 35.5. The van der Waals surface area contributed by atoms with Crippen LogP contribution in [0.1, 0.15) is 18.4 Å². The summed E-state index contributed by atoms with van der Waals surface area (Å²) in [6.45, 7) is 3.32. The van der Waals surface area contributed by atoms with Crippen molar-refractivity contribution in [3.8, 4) is 33.3 Å². The largest absolute Gasteiger partial charge is 0.494 e. The lowest BCUT2D eigenvalue weighted by Crippen LogP contribution is -2.39. The van der Waals surface area contributed by atoms with Gasteiger partial charge in [-0.1, -0.05) is 41.9 Å². The van der Waals surface area contributed by atoms with E-state index in [0.717, 1.165) is 46.1 Å². The molecule has 0 aliphatic carbocycles. The second kappa shape index (κ2) is 10.5. The molecule has 1 aromatic heterocycles. The molecule has 4 aromatic rings. The third kappa shape index (κ3) is 5.34. The number of hydrogen-bond donors (Lipinski definition) is 0. The van der Waals surface area contributed by atoms with Crippen LogP contribution >= 0.6 is 22.9 Å². The van der Waals surface area contributed by atoms with Gasteiger partial charge in [-0.05, 0) is 61.7 Å². The minimum absolute atomic E-state index is 0.0377. The van der Waals surface area contributed by atoms with Crippen LogP contribution in [0.3, 0.4) is 0 Å². The predicted octanol–water partition coefficient (Wildman–Crippen LogP) is 7.02. The number of amides is 1. The quantitative estimate of drug-likeness (QED) is 0.242. The Hall–Kier alpha value is -3.35. The minimum Gasteiger partial charge on any atom is -0.494 e. The molecule has 0 saturated carbocycles. The number of aromatic nitrogens is 1. The van der Waals surface area contributed by atoms with Crippen LogP contribution in [0.15, 0.2) is 72.1 Å². The van der Waals surface area contributed by atoms with Crippen molar-refractivity contribution >= 4 is 34.5 Å². The maximum atomic E-state index is 12.7. The summed E-state index contributed by atoms with van der Waals surface area (Å²) in [4.78, 5) is 19.3. The number of carbonyl (C=O) groups is 1. The van der Waals surface area contributed by atoms with E-state index in [1.54, 1.807) is 11.3 Å². The number of benzene rings is 3. The second-order valence-corrected chi connectivity index (χ2v) is 9.67. The minimum atomic E-state index is -0.0377. The van der Waals surface area contributed by atoms with E-state index in [0.29, 0.717) is 23.9 Å². The van der Waals surface area contributed by atoms with Crippen LogP contribution in [0.5, 0.6) is 11.5 Å². The second-order valence-electron chi connectivity index (χ2n) is 8.41. The van der Waals surface area contributed by atoms with Crippen molar-refractivity contribution in [2.75, 3.05) is 24.7 Å². The number of ether oxygens (including phenoxy) is 2. The van der Waals surface area contributed by atoms with Gasteiger partial charge in [0, 0.05) is 23.1 Å². The number of rotatable bonds is 8. The molecular weight excluding hydrogens is 480 g/mol. The molecule has 1 aliphatic rings. The number of anilines is 1. The fourth-order valence-corrected chi connectivity index (χ4v) is 5.19. The SMILES string of the molecule is Cc1cccc(OCCCCN2C(=O)COc3ccc(-c4csc(-c5ccccc5Cl)n4)cc32)c1. The van der Waals surface area contributed by atoms with Crippen molar-refractivity contribution in [1.29, 1.82) is 0 Å². The molecule has 1 amide bonds. The third-order valence-corrected chi connectivity index (χ3v) is 7.05. The number of halogens is 1. The zero-order valence-electron chi connectivity index (χ0n) is 19.4. The van der Waals surface area contributed by atoms with Gasteiger partial charge in [-0.15, -0.1) is 11.3 Å². The monoisotopic (exact) mass is 504 g/mol. The molecule has 0 radical (unpaired) electrons. The summed E-state index contributed by atoms with van der Waals surface area (Å²) in [6.07, 6.45) is 1.68. The molecule has 0 spiro atoms. The van der Waals surface area contributed by atoms with Gasteiger partial charge in [-0.25, -0.2) is 4.98 Å². The molecule has 0 fully saturated rings. The average molecular weight is 505 g/mol. The molecule has 5 nitrogen and oxygen atoms in total. The Kier molecular flexibility index (Phi) is 7.02. The Morgan fingerprint density at radius 2 is 1.97 bits per heavy atom. The van der Waals surface area contributed by atoms with E-state index >= 15 is 0 Å². The molecule has 3 aromatic carbocycles. The van der Waals surface area contributed by atoms with Gasteiger partial charge in [0.05, 0.1) is 23.0 Å². The van der Waals surface area contributed by atoms with Gasteiger partial charge in [-0.3, -0.25) is 4.79 Å². The van der Waals surface area contributed by atoms with Crippen molar-refractivity contribution < 1.29 is 14.3 Å². The Morgan fingerprint density at radius 3 is 2.83 bits per heavy atom.